The van der Waals surface area contributed by atoms with Crippen molar-refractivity contribution in [3.8, 4) is 5.75 Å². The van der Waals surface area contributed by atoms with E-state index in [1.807, 2.05) is 26.0 Å². The zero-order chi connectivity index (χ0) is 13.7. The summed E-state index contributed by atoms with van der Waals surface area (Å²) in [5.74, 6) is 0.929. The lowest BCUT2D eigenvalue weighted by Gasteiger charge is -2.10. The summed E-state index contributed by atoms with van der Waals surface area (Å²) in [6, 6.07) is 9.32. The number of benzene rings is 1. The standard InChI is InChI=1S/C15H17NO3/c1-11-5-6-13(12(2)10-11)19-9-7-16-15(17)14-4-3-8-18-14/h3-6,8,10H,7,9H2,1-2H3,(H,16,17). The molecule has 4 nitrogen and oxygen atoms in total. The average Bonchev–Trinajstić information content (AvgIpc) is 2.90. The van der Waals surface area contributed by atoms with Crippen molar-refractivity contribution >= 4 is 5.91 Å². The van der Waals surface area contributed by atoms with E-state index >= 15 is 0 Å². The Morgan fingerprint density at radius 1 is 1.32 bits per heavy atom. The molecule has 1 heterocycles. The van der Waals surface area contributed by atoms with Gasteiger partial charge in [-0.2, -0.15) is 0 Å². The Hall–Kier alpha value is -2.23. The van der Waals surface area contributed by atoms with Crippen LogP contribution in [0.1, 0.15) is 21.7 Å². The minimum atomic E-state index is -0.228. The lowest BCUT2D eigenvalue weighted by molar-refractivity contribution is 0.0919. The summed E-state index contributed by atoms with van der Waals surface area (Å²) in [4.78, 5) is 11.6. The quantitative estimate of drug-likeness (QED) is 0.840. The molecular formula is C15H17NO3. The van der Waals surface area contributed by atoms with Crippen molar-refractivity contribution < 1.29 is 13.9 Å². The molecule has 4 heteroatoms. The first kappa shape index (κ1) is 13.2. The molecule has 0 saturated carbocycles. The van der Waals surface area contributed by atoms with Gasteiger partial charge >= 0.3 is 0 Å². The van der Waals surface area contributed by atoms with Crippen LogP contribution >= 0.6 is 0 Å². The number of ether oxygens (including phenoxy) is 1. The van der Waals surface area contributed by atoms with Crippen LogP contribution in [0, 0.1) is 13.8 Å². The van der Waals surface area contributed by atoms with Crippen molar-refractivity contribution in [1.29, 1.82) is 0 Å². The first-order chi connectivity index (χ1) is 9.16. The fourth-order valence-corrected chi connectivity index (χ4v) is 1.78. The summed E-state index contributed by atoms with van der Waals surface area (Å²) in [5.41, 5.74) is 2.30. The highest BCUT2D eigenvalue weighted by molar-refractivity contribution is 5.91. The lowest BCUT2D eigenvalue weighted by Crippen LogP contribution is -2.27. The van der Waals surface area contributed by atoms with Gasteiger partial charge in [0.15, 0.2) is 5.76 Å². The predicted octanol–water partition coefficient (Wildman–Crippen LogP) is 2.71. The van der Waals surface area contributed by atoms with Gasteiger partial charge in [-0.05, 0) is 37.6 Å². The number of hydrogen-bond acceptors (Lipinski definition) is 3. The summed E-state index contributed by atoms with van der Waals surface area (Å²) >= 11 is 0. The molecule has 19 heavy (non-hydrogen) atoms. The van der Waals surface area contributed by atoms with Crippen molar-refractivity contribution in [1.82, 2.24) is 5.32 Å². The van der Waals surface area contributed by atoms with E-state index in [0.29, 0.717) is 18.9 Å². The molecule has 0 aliphatic heterocycles. The smallest absolute Gasteiger partial charge is 0.287 e. The van der Waals surface area contributed by atoms with Crippen molar-refractivity contribution in [2.75, 3.05) is 13.2 Å². The lowest BCUT2D eigenvalue weighted by atomic mass is 10.1. The molecule has 2 aromatic rings. The van der Waals surface area contributed by atoms with Crippen LogP contribution in [0.25, 0.3) is 0 Å². The largest absolute Gasteiger partial charge is 0.491 e. The van der Waals surface area contributed by atoms with E-state index < -0.39 is 0 Å². The van der Waals surface area contributed by atoms with Gasteiger partial charge in [0, 0.05) is 0 Å². The maximum Gasteiger partial charge on any atom is 0.287 e. The summed E-state index contributed by atoms with van der Waals surface area (Å²) in [6.45, 7) is 4.91. The summed E-state index contributed by atoms with van der Waals surface area (Å²) in [5, 5.41) is 2.73. The fourth-order valence-electron chi connectivity index (χ4n) is 1.78. The molecule has 0 fully saturated rings. The monoisotopic (exact) mass is 259 g/mol. The molecule has 0 saturated heterocycles. The predicted molar refractivity (Wildman–Crippen MR) is 72.5 cm³/mol. The Morgan fingerprint density at radius 3 is 2.84 bits per heavy atom. The van der Waals surface area contributed by atoms with Gasteiger partial charge in [0.1, 0.15) is 12.4 Å². The second-order valence-corrected chi connectivity index (χ2v) is 4.35. The van der Waals surface area contributed by atoms with Gasteiger partial charge in [-0.3, -0.25) is 4.79 Å². The number of carbonyl (C=O) groups is 1. The second kappa shape index (κ2) is 6.09. The number of aryl methyl sites for hydroxylation is 2. The highest BCUT2D eigenvalue weighted by atomic mass is 16.5. The van der Waals surface area contributed by atoms with Crippen LogP contribution in [0.4, 0.5) is 0 Å². The maximum atomic E-state index is 11.6. The van der Waals surface area contributed by atoms with Crippen molar-refractivity contribution in [3.05, 3.63) is 53.5 Å². The van der Waals surface area contributed by atoms with Crippen LogP contribution in [0.3, 0.4) is 0 Å². The van der Waals surface area contributed by atoms with Crippen LogP contribution in [0.15, 0.2) is 41.0 Å². The van der Waals surface area contributed by atoms with Crippen LogP contribution in [0.5, 0.6) is 5.75 Å². The molecule has 1 N–H and O–H groups in total. The molecule has 0 aliphatic carbocycles. The van der Waals surface area contributed by atoms with E-state index in [1.54, 1.807) is 12.1 Å². The van der Waals surface area contributed by atoms with E-state index in [0.717, 1.165) is 11.3 Å². The van der Waals surface area contributed by atoms with Gasteiger partial charge in [0.05, 0.1) is 12.8 Å². The van der Waals surface area contributed by atoms with Gasteiger partial charge in [0.25, 0.3) is 5.91 Å². The van der Waals surface area contributed by atoms with Gasteiger partial charge in [-0.25, -0.2) is 0 Å². The average molecular weight is 259 g/mol. The van der Waals surface area contributed by atoms with Crippen molar-refractivity contribution in [2.24, 2.45) is 0 Å². The molecule has 100 valence electrons. The second-order valence-electron chi connectivity index (χ2n) is 4.35. The SMILES string of the molecule is Cc1ccc(OCCNC(=O)c2ccco2)c(C)c1. The van der Waals surface area contributed by atoms with Gasteiger partial charge in [-0.1, -0.05) is 17.7 Å². The van der Waals surface area contributed by atoms with Crippen LogP contribution < -0.4 is 10.1 Å². The van der Waals surface area contributed by atoms with Crippen LogP contribution in [-0.4, -0.2) is 19.1 Å². The molecule has 1 aromatic heterocycles. The highest BCUT2D eigenvalue weighted by Crippen LogP contribution is 2.18. The Kier molecular flexibility index (Phi) is 4.23. The molecule has 0 unspecified atom stereocenters. The molecule has 1 aromatic carbocycles. The third-order valence-electron chi connectivity index (χ3n) is 2.72. The first-order valence-electron chi connectivity index (χ1n) is 6.18. The number of amides is 1. The fraction of sp³-hybridized carbons (Fsp3) is 0.267. The minimum Gasteiger partial charge on any atom is -0.491 e. The third-order valence-corrected chi connectivity index (χ3v) is 2.72. The summed E-state index contributed by atoms with van der Waals surface area (Å²) in [7, 11) is 0. The Balaban J connectivity index is 1.76. The van der Waals surface area contributed by atoms with E-state index in [1.165, 1.54) is 11.8 Å². The van der Waals surface area contributed by atoms with E-state index in [9.17, 15) is 4.79 Å². The first-order valence-corrected chi connectivity index (χ1v) is 6.18. The van der Waals surface area contributed by atoms with Gasteiger partial charge in [0.2, 0.25) is 0 Å². The van der Waals surface area contributed by atoms with Crippen LogP contribution in [-0.2, 0) is 0 Å². The van der Waals surface area contributed by atoms with Crippen molar-refractivity contribution in [2.45, 2.75) is 13.8 Å². The molecular weight excluding hydrogens is 242 g/mol. The molecule has 0 atom stereocenters. The summed E-state index contributed by atoms with van der Waals surface area (Å²) < 4.78 is 10.6. The number of rotatable bonds is 5. The molecule has 0 bridgehead atoms. The number of hydrogen-bond donors (Lipinski definition) is 1. The highest BCUT2D eigenvalue weighted by Gasteiger charge is 2.07. The topological polar surface area (TPSA) is 51.5 Å². The summed E-state index contributed by atoms with van der Waals surface area (Å²) in [6.07, 6.45) is 1.47. The minimum absolute atomic E-state index is 0.228. The number of furan rings is 1. The van der Waals surface area contributed by atoms with Gasteiger partial charge in [-0.15, -0.1) is 0 Å². The normalized spacial score (nSPS) is 10.2. The Morgan fingerprint density at radius 2 is 2.16 bits per heavy atom. The number of nitrogens with one attached hydrogen (secondary N) is 1. The Bertz CT molecular complexity index is 547. The Labute approximate surface area is 112 Å². The van der Waals surface area contributed by atoms with E-state index in [4.69, 9.17) is 9.15 Å². The number of carbonyl (C=O) groups excluding carboxylic acids is 1. The van der Waals surface area contributed by atoms with E-state index in [-0.39, 0.29) is 5.91 Å². The molecule has 2 rings (SSSR count). The van der Waals surface area contributed by atoms with Crippen molar-refractivity contribution in [3.63, 3.8) is 0 Å². The van der Waals surface area contributed by atoms with Crippen LogP contribution in [0.2, 0.25) is 0 Å². The van der Waals surface area contributed by atoms with E-state index in [2.05, 4.69) is 11.4 Å². The molecule has 1 amide bonds. The third kappa shape index (κ3) is 3.61. The maximum absolute atomic E-state index is 11.6. The zero-order valence-corrected chi connectivity index (χ0v) is 11.1. The van der Waals surface area contributed by atoms with Gasteiger partial charge < -0.3 is 14.5 Å². The zero-order valence-electron chi connectivity index (χ0n) is 11.1. The molecule has 0 aliphatic rings. The molecule has 0 spiro atoms. The molecule has 0 radical (unpaired) electrons.